The van der Waals surface area contributed by atoms with Crippen molar-refractivity contribution in [2.75, 3.05) is 19.0 Å². The highest BCUT2D eigenvalue weighted by Crippen LogP contribution is 2.33. The molecule has 5 rings (SSSR count). The molecule has 36 heavy (non-hydrogen) atoms. The molecule has 0 radical (unpaired) electrons. The largest absolute Gasteiger partial charge is 0.497 e. The van der Waals surface area contributed by atoms with E-state index < -0.39 is 15.8 Å². The van der Waals surface area contributed by atoms with Gasteiger partial charge in [-0.2, -0.15) is 4.31 Å². The number of pyridine rings is 2. The summed E-state index contributed by atoms with van der Waals surface area (Å²) in [5.41, 5.74) is 2.08. The molecule has 0 spiro atoms. The number of nitrogens with one attached hydrogen (secondary N) is 1. The van der Waals surface area contributed by atoms with E-state index in [4.69, 9.17) is 4.74 Å². The van der Waals surface area contributed by atoms with Crippen LogP contribution in [0.3, 0.4) is 0 Å². The van der Waals surface area contributed by atoms with Crippen LogP contribution >= 0.6 is 0 Å². The summed E-state index contributed by atoms with van der Waals surface area (Å²) in [4.78, 5) is 8.78. The van der Waals surface area contributed by atoms with Gasteiger partial charge < -0.3 is 10.1 Å². The molecule has 0 aliphatic carbocycles. The second-order valence-electron chi connectivity index (χ2n) is 8.81. The first-order valence-electron chi connectivity index (χ1n) is 11.8. The number of sulfonamides is 1. The van der Waals surface area contributed by atoms with Crippen LogP contribution in [0.4, 0.5) is 10.2 Å². The number of ether oxygens (including phenoxy) is 1. The molecule has 1 aliphatic heterocycles. The summed E-state index contributed by atoms with van der Waals surface area (Å²) in [6.45, 7) is 0.515. The van der Waals surface area contributed by atoms with Crippen molar-refractivity contribution in [3.63, 3.8) is 0 Å². The maximum atomic E-state index is 14.6. The lowest BCUT2D eigenvalue weighted by atomic mass is 10.1. The topological polar surface area (TPSA) is 84.4 Å². The molecule has 1 fully saturated rings. The van der Waals surface area contributed by atoms with Crippen molar-refractivity contribution in [2.45, 2.75) is 36.7 Å². The van der Waals surface area contributed by atoms with E-state index in [1.165, 1.54) is 13.2 Å². The fourth-order valence-electron chi connectivity index (χ4n) is 4.64. The van der Waals surface area contributed by atoms with Gasteiger partial charge in [-0.05, 0) is 55.2 Å². The second kappa shape index (κ2) is 10.2. The van der Waals surface area contributed by atoms with Gasteiger partial charge in [0.25, 0.3) is 0 Å². The van der Waals surface area contributed by atoms with Crippen molar-refractivity contribution < 1.29 is 17.5 Å². The van der Waals surface area contributed by atoms with Crippen molar-refractivity contribution in [3.8, 4) is 5.75 Å². The smallest absolute Gasteiger partial charge is 0.247 e. The Morgan fingerprint density at radius 3 is 2.69 bits per heavy atom. The van der Waals surface area contributed by atoms with Gasteiger partial charge >= 0.3 is 0 Å². The minimum absolute atomic E-state index is 0.0735. The maximum absolute atomic E-state index is 14.6. The number of methoxy groups -OCH3 is 1. The molecule has 0 saturated carbocycles. The second-order valence-corrected chi connectivity index (χ2v) is 10.7. The predicted octanol–water partition coefficient (Wildman–Crippen LogP) is 4.79. The number of fused-ring (bicyclic) bond motifs is 1. The Morgan fingerprint density at radius 2 is 1.92 bits per heavy atom. The van der Waals surface area contributed by atoms with Gasteiger partial charge in [-0.3, -0.25) is 4.98 Å². The molecule has 3 heterocycles. The lowest BCUT2D eigenvalue weighted by molar-refractivity contribution is 0.385. The van der Waals surface area contributed by atoms with E-state index >= 15 is 0 Å². The third-order valence-electron chi connectivity index (χ3n) is 6.53. The average Bonchev–Trinajstić information content (AvgIpc) is 3.37. The molecule has 1 N–H and O–H groups in total. The zero-order chi connectivity index (χ0) is 25.1. The van der Waals surface area contributed by atoms with Gasteiger partial charge in [-0.1, -0.05) is 24.3 Å². The number of anilines is 1. The summed E-state index contributed by atoms with van der Waals surface area (Å²) in [7, 11) is -2.40. The van der Waals surface area contributed by atoms with Crippen LogP contribution in [-0.2, 0) is 23.0 Å². The standard InChI is InChI=1S/C27H27FN4O3S/c1-35-23-9-8-21(24(28)17-23)18-30-27-26(16-20-5-2-3-7-25(20)31-27)36(33,34)32-14-4-6-22(32)15-19-10-12-29-13-11-19/h2-3,5,7-13,16-17,22H,4,6,14-15,18H2,1H3,(H,30,31). The van der Waals surface area contributed by atoms with Crippen molar-refractivity contribution in [1.29, 1.82) is 0 Å². The van der Waals surface area contributed by atoms with Crippen molar-refractivity contribution in [3.05, 3.63) is 90.0 Å². The molecule has 7 nitrogen and oxygen atoms in total. The summed E-state index contributed by atoms with van der Waals surface area (Å²) in [5.74, 6) is 0.181. The van der Waals surface area contributed by atoms with Crippen molar-refractivity contribution in [2.24, 2.45) is 0 Å². The SMILES string of the molecule is COc1ccc(CNc2nc3ccccc3cc2S(=O)(=O)N2CCCC2Cc2ccncc2)c(F)c1. The van der Waals surface area contributed by atoms with Crippen LogP contribution in [0, 0.1) is 5.82 Å². The van der Waals surface area contributed by atoms with E-state index in [1.54, 1.807) is 34.9 Å². The molecule has 0 amide bonds. The number of para-hydroxylation sites is 1. The monoisotopic (exact) mass is 506 g/mol. The number of halogens is 1. The van der Waals surface area contributed by atoms with Crippen LogP contribution in [0.25, 0.3) is 10.9 Å². The Morgan fingerprint density at radius 1 is 1.11 bits per heavy atom. The van der Waals surface area contributed by atoms with Gasteiger partial charge in [0.1, 0.15) is 22.3 Å². The summed E-state index contributed by atoms with van der Waals surface area (Å²) < 4.78 is 49.2. The van der Waals surface area contributed by atoms with E-state index in [2.05, 4.69) is 15.3 Å². The molecule has 1 aliphatic rings. The van der Waals surface area contributed by atoms with E-state index in [9.17, 15) is 12.8 Å². The average molecular weight is 507 g/mol. The molecule has 0 bridgehead atoms. The molecule has 9 heteroatoms. The Kier molecular flexibility index (Phi) is 6.84. The number of hydrogen-bond acceptors (Lipinski definition) is 6. The Bertz CT molecular complexity index is 1480. The highest BCUT2D eigenvalue weighted by Gasteiger charge is 2.37. The van der Waals surface area contributed by atoms with Crippen molar-refractivity contribution >= 4 is 26.7 Å². The molecule has 4 aromatic rings. The number of benzene rings is 2. The van der Waals surface area contributed by atoms with Crippen LogP contribution in [0.5, 0.6) is 5.75 Å². The van der Waals surface area contributed by atoms with Crippen LogP contribution in [0.2, 0.25) is 0 Å². The van der Waals surface area contributed by atoms with Gasteiger partial charge in [-0.25, -0.2) is 17.8 Å². The van der Waals surface area contributed by atoms with E-state index in [-0.39, 0.29) is 23.3 Å². The molecule has 1 unspecified atom stereocenters. The Balaban J connectivity index is 1.49. The van der Waals surface area contributed by atoms with E-state index in [0.717, 1.165) is 23.8 Å². The number of rotatable bonds is 8. The van der Waals surface area contributed by atoms with Gasteiger partial charge in [-0.15, -0.1) is 0 Å². The lowest BCUT2D eigenvalue weighted by Crippen LogP contribution is -2.37. The molecule has 2 aromatic heterocycles. The van der Waals surface area contributed by atoms with Gasteiger partial charge in [0, 0.05) is 48.5 Å². The molecular weight excluding hydrogens is 479 g/mol. The number of nitrogens with zero attached hydrogens (tertiary/aromatic N) is 3. The third-order valence-corrected chi connectivity index (χ3v) is 8.49. The third kappa shape index (κ3) is 4.89. The van der Waals surface area contributed by atoms with Gasteiger partial charge in [0.2, 0.25) is 10.0 Å². The van der Waals surface area contributed by atoms with Crippen LogP contribution in [0.1, 0.15) is 24.0 Å². The zero-order valence-electron chi connectivity index (χ0n) is 19.9. The minimum atomic E-state index is -3.88. The quantitative estimate of drug-likeness (QED) is 0.370. The summed E-state index contributed by atoms with van der Waals surface area (Å²) in [6, 6.07) is 17.3. The fourth-order valence-corrected chi connectivity index (χ4v) is 6.48. The van der Waals surface area contributed by atoms with Gasteiger partial charge in [0.05, 0.1) is 12.6 Å². The summed E-state index contributed by atoms with van der Waals surface area (Å²) in [6.07, 6.45) is 5.62. The lowest BCUT2D eigenvalue weighted by Gasteiger charge is -2.25. The predicted molar refractivity (Wildman–Crippen MR) is 137 cm³/mol. The van der Waals surface area contributed by atoms with Crippen LogP contribution in [-0.4, -0.2) is 42.4 Å². The van der Waals surface area contributed by atoms with Crippen molar-refractivity contribution in [1.82, 2.24) is 14.3 Å². The molecule has 1 atom stereocenters. The van der Waals surface area contributed by atoms with E-state index in [0.29, 0.717) is 29.8 Å². The van der Waals surface area contributed by atoms with Crippen LogP contribution < -0.4 is 10.1 Å². The molecule has 2 aromatic carbocycles. The summed E-state index contributed by atoms with van der Waals surface area (Å²) >= 11 is 0. The molecule has 1 saturated heterocycles. The first-order valence-corrected chi connectivity index (χ1v) is 13.3. The fraction of sp³-hybridized carbons (Fsp3) is 0.259. The Hall–Kier alpha value is -3.56. The molecular formula is C27H27FN4O3S. The normalized spacial score (nSPS) is 16.3. The number of aromatic nitrogens is 2. The number of hydrogen-bond donors (Lipinski definition) is 1. The highest BCUT2D eigenvalue weighted by molar-refractivity contribution is 7.89. The minimum Gasteiger partial charge on any atom is -0.497 e. The van der Waals surface area contributed by atoms with Gasteiger partial charge in [0.15, 0.2) is 0 Å². The first-order chi connectivity index (χ1) is 17.5. The zero-order valence-corrected chi connectivity index (χ0v) is 20.7. The molecule has 186 valence electrons. The van der Waals surface area contributed by atoms with E-state index in [1.807, 2.05) is 36.4 Å². The Labute approximate surface area is 210 Å². The maximum Gasteiger partial charge on any atom is 0.247 e. The first kappa shape index (κ1) is 24.1. The summed E-state index contributed by atoms with van der Waals surface area (Å²) in [5, 5.41) is 3.81. The highest BCUT2D eigenvalue weighted by atomic mass is 32.2. The van der Waals surface area contributed by atoms with Crippen LogP contribution in [0.15, 0.2) is 78.0 Å².